The first-order valence-electron chi connectivity index (χ1n) is 6.85. The molecule has 1 aliphatic heterocycles. The molecule has 0 fully saturated rings. The SMILES string of the molecule is CC(C)(C)C1=CCN(Cc2cc(N)ccc2O)CC1. The molecule has 0 unspecified atom stereocenters. The smallest absolute Gasteiger partial charge is 0.120 e. The Morgan fingerprint density at radius 1 is 1.32 bits per heavy atom. The van der Waals surface area contributed by atoms with Crippen LogP contribution in [0.3, 0.4) is 0 Å². The first kappa shape index (κ1) is 13.9. The second-order valence-corrected chi connectivity index (χ2v) is 6.35. The monoisotopic (exact) mass is 260 g/mol. The van der Waals surface area contributed by atoms with Crippen LogP contribution in [0.5, 0.6) is 5.75 Å². The van der Waals surface area contributed by atoms with Crippen molar-refractivity contribution in [1.29, 1.82) is 0 Å². The summed E-state index contributed by atoms with van der Waals surface area (Å²) in [5.74, 6) is 0.333. The normalized spacial score (nSPS) is 17.3. The highest BCUT2D eigenvalue weighted by atomic mass is 16.3. The number of nitrogens with two attached hydrogens (primary N) is 1. The fourth-order valence-electron chi connectivity index (χ4n) is 2.51. The zero-order valence-corrected chi connectivity index (χ0v) is 12.1. The Balaban J connectivity index is 2.03. The largest absolute Gasteiger partial charge is 0.508 e. The Morgan fingerprint density at radius 3 is 2.63 bits per heavy atom. The fraction of sp³-hybridized carbons (Fsp3) is 0.500. The van der Waals surface area contributed by atoms with Gasteiger partial charge in [0, 0.05) is 30.9 Å². The third-order valence-electron chi connectivity index (χ3n) is 3.75. The first-order chi connectivity index (χ1) is 8.86. The van der Waals surface area contributed by atoms with E-state index < -0.39 is 0 Å². The standard InChI is InChI=1S/C16H24N2O/c1-16(2,3)13-6-8-18(9-7-13)11-12-10-14(17)4-5-15(12)19/h4-6,10,19H,7-9,11,17H2,1-3H3. The molecule has 1 heterocycles. The van der Waals surface area contributed by atoms with Crippen LogP contribution in [0.2, 0.25) is 0 Å². The van der Waals surface area contributed by atoms with Gasteiger partial charge in [-0.25, -0.2) is 0 Å². The summed E-state index contributed by atoms with van der Waals surface area (Å²) in [4.78, 5) is 2.34. The van der Waals surface area contributed by atoms with Crippen molar-refractivity contribution in [1.82, 2.24) is 4.90 Å². The highest BCUT2D eigenvalue weighted by Crippen LogP contribution is 2.31. The number of phenols is 1. The van der Waals surface area contributed by atoms with Crippen LogP contribution >= 0.6 is 0 Å². The number of phenolic OH excluding ortho intramolecular Hbond substituents is 1. The molecule has 0 atom stereocenters. The molecular formula is C16H24N2O. The first-order valence-corrected chi connectivity index (χ1v) is 6.85. The molecule has 0 saturated heterocycles. The van der Waals surface area contributed by atoms with Crippen LogP contribution in [-0.2, 0) is 6.54 Å². The summed E-state index contributed by atoms with van der Waals surface area (Å²) < 4.78 is 0. The zero-order valence-electron chi connectivity index (χ0n) is 12.1. The van der Waals surface area contributed by atoms with Crippen LogP contribution in [0.25, 0.3) is 0 Å². The number of anilines is 1. The summed E-state index contributed by atoms with van der Waals surface area (Å²) in [6.45, 7) is 9.53. The van der Waals surface area contributed by atoms with Crippen LogP contribution in [0.4, 0.5) is 5.69 Å². The highest BCUT2D eigenvalue weighted by molar-refractivity contribution is 5.47. The van der Waals surface area contributed by atoms with Crippen molar-refractivity contribution in [3.8, 4) is 5.75 Å². The third kappa shape index (κ3) is 3.51. The lowest BCUT2D eigenvalue weighted by molar-refractivity contribution is 0.268. The molecule has 2 rings (SSSR count). The fourth-order valence-corrected chi connectivity index (χ4v) is 2.51. The average molecular weight is 260 g/mol. The van der Waals surface area contributed by atoms with Crippen molar-refractivity contribution in [3.63, 3.8) is 0 Å². The average Bonchev–Trinajstić information content (AvgIpc) is 2.33. The molecule has 3 N–H and O–H groups in total. The quantitative estimate of drug-likeness (QED) is 0.488. The molecule has 1 aliphatic rings. The maximum atomic E-state index is 9.85. The van der Waals surface area contributed by atoms with Gasteiger partial charge < -0.3 is 10.8 Å². The van der Waals surface area contributed by atoms with Crippen LogP contribution in [0.15, 0.2) is 29.8 Å². The van der Waals surface area contributed by atoms with E-state index in [1.165, 1.54) is 5.57 Å². The molecule has 3 heteroatoms. The zero-order chi connectivity index (χ0) is 14.0. The minimum atomic E-state index is 0.269. The predicted molar refractivity (Wildman–Crippen MR) is 80.0 cm³/mol. The van der Waals surface area contributed by atoms with Gasteiger partial charge in [-0.3, -0.25) is 4.90 Å². The molecule has 0 radical (unpaired) electrons. The Morgan fingerprint density at radius 2 is 2.05 bits per heavy atom. The maximum Gasteiger partial charge on any atom is 0.120 e. The Kier molecular flexibility index (Phi) is 3.85. The van der Waals surface area contributed by atoms with Crippen LogP contribution in [-0.4, -0.2) is 23.1 Å². The summed E-state index contributed by atoms with van der Waals surface area (Å²) in [5.41, 5.74) is 9.18. The van der Waals surface area contributed by atoms with Gasteiger partial charge in [0.25, 0.3) is 0 Å². The lowest BCUT2D eigenvalue weighted by atomic mass is 9.83. The molecule has 0 amide bonds. The lowest BCUT2D eigenvalue weighted by Crippen LogP contribution is -2.30. The van der Waals surface area contributed by atoms with Gasteiger partial charge in [0.15, 0.2) is 0 Å². The van der Waals surface area contributed by atoms with Gasteiger partial charge in [0.1, 0.15) is 5.75 Å². The van der Waals surface area contributed by atoms with E-state index in [2.05, 4.69) is 31.7 Å². The molecule has 19 heavy (non-hydrogen) atoms. The number of aromatic hydroxyl groups is 1. The summed E-state index contributed by atoms with van der Waals surface area (Å²) in [5, 5.41) is 9.85. The van der Waals surface area contributed by atoms with Crippen molar-refractivity contribution in [3.05, 3.63) is 35.4 Å². The van der Waals surface area contributed by atoms with Crippen molar-refractivity contribution < 1.29 is 5.11 Å². The van der Waals surface area contributed by atoms with Crippen LogP contribution in [0.1, 0.15) is 32.8 Å². The van der Waals surface area contributed by atoms with Crippen LogP contribution < -0.4 is 5.73 Å². The van der Waals surface area contributed by atoms with Gasteiger partial charge in [-0.05, 0) is 30.0 Å². The Bertz CT molecular complexity index is 486. The second kappa shape index (κ2) is 5.25. The minimum Gasteiger partial charge on any atom is -0.508 e. The van der Waals surface area contributed by atoms with Crippen molar-refractivity contribution in [2.24, 2.45) is 5.41 Å². The Labute approximate surface area is 115 Å². The van der Waals surface area contributed by atoms with E-state index >= 15 is 0 Å². The number of hydrogen-bond acceptors (Lipinski definition) is 3. The van der Waals surface area contributed by atoms with Gasteiger partial charge in [0.05, 0.1) is 0 Å². The molecule has 1 aromatic rings. The van der Waals surface area contributed by atoms with E-state index in [9.17, 15) is 5.11 Å². The molecule has 0 aromatic heterocycles. The molecule has 0 bridgehead atoms. The van der Waals surface area contributed by atoms with Crippen molar-refractivity contribution in [2.45, 2.75) is 33.7 Å². The topological polar surface area (TPSA) is 49.5 Å². The van der Waals surface area contributed by atoms with E-state index in [4.69, 9.17) is 5.73 Å². The van der Waals surface area contributed by atoms with E-state index in [-0.39, 0.29) is 5.41 Å². The van der Waals surface area contributed by atoms with E-state index in [0.717, 1.165) is 31.6 Å². The van der Waals surface area contributed by atoms with E-state index in [1.807, 2.05) is 6.07 Å². The summed E-state index contributed by atoms with van der Waals surface area (Å²) in [6.07, 6.45) is 3.43. The van der Waals surface area contributed by atoms with Crippen molar-refractivity contribution in [2.75, 3.05) is 18.8 Å². The second-order valence-electron chi connectivity index (χ2n) is 6.35. The third-order valence-corrected chi connectivity index (χ3v) is 3.75. The molecular weight excluding hydrogens is 236 g/mol. The number of nitrogens with zero attached hydrogens (tertiary/aromatic N) is 1. The molecule has 3 nitrogen and oxygen atoms in total. The maximum absolute atomic E-state index is 9.85. The number of benzene rings is 1. The Hall–Kier alpha value is -1.48. The molecule has 0 aliphatic carbocycles. The summed E-state index contributed by atoms with van der Waals surface area (Å²) >= 11 is 0. The summed E-state index contributed by atoms with van der Waals surface area (Å²) in [6, 6.07) is 5.26. The highest BCUT2D eigenvalue weighted by Gasteiger charge is 2.21. The van der Waals surface area contributed by atoms with Gasteiger partial charge >= 0.3 is 0 Å². The van der Waals surface area contributed by atoms with Crippen LogP contribution in [0, 0.1) is 5.41 Å². The molecule has 104 valence electrons. The van der Waals surface area contributed by atoms with Crippen molar-refractivity contribution >= 4 is 5.69 Å². The number of rotatable bonds is 2. The summed E-state index contributed by atoms with van der Waals surface area (Å²) in [7, 11) is 0. The van der Waals surface area contributed by atoms with E-state index in [0.29, 0.717) is 11.4 Å². The molecule has 1 aromatic carbocycles. The minimum absolute atomic E-state index is 0.269. The number of hydrogen-bond donors (Lipinski definition) is 2. The molecule has 0 saturated carbocycles. The van der Waals surface area contributed by atoms with Gasteiger partial charge in [-0.2, -0.15) is 0 Å². The molecule has 0 spiro atoms. The van der Waals surface area contributed by atoms with Gasteiger partial charge in [0.2, 0.25) is 0 Å². The van der Waals surface area contributed by atoms with Gasteiger partial charge in [-0.1, -0.05) is 32.4 Å². The van der Waals surface area contributed by atoms with Gasteiger partial charge in [-0.15, -0.1) is 0 Å². The van der Waals surface area contributed by atoms with E-state index in [1.54, 1.807) is 12.1 Å². The lowest BCUT2D eigenvalue weighted by Gasteiger charge is -2.32. The number of nitrogen functional groups attached to an aromatic ring is 1. The predicted octanol–water partition coefficient (Wildman–Crippen LogP) is 3.15.